The highest BCUT2D eigenvalue weighted by atomic mass is 15.3. The van der Waals surface area contributed by atoms with E-state index in [9.17, 15) is 0 Å². The van der Waals surface area contributed by atoms with Crippen LogP contribution in [-0.2, 0) is 0 Å². The molecule has 0 bridgehead atoms. The van der Waals surface area contributed by atoms with Crippen molar-refractivity contribution in [1.82, 2.24) is 4.90 Å². The quantitative estimate of drug-likeness (QED) is 0.829. The minimum absolute atomic E-state index is 0.720. The van der Waals surface area contributed by atoms with E-state index in [1.807, 2.05) is 0 Å². The Morgan fingerprint density at radius 2 is 1.57 bits per heavy atom. The molecule has 2 aliphatic rings. The highest BCUT2D eigenvalue weighted by Gasteiger charge is 2.39. The van der Waals surface area contributed by atoms with E-state index in [2.05, 4.69) is 71.4 Å². The summed E-state index contributed by atoms with van der Waals surface area (Å²) in [5.74, 6) is 0.865. The fourth-order valence-electron chi connectivity index (χ4n) is 3.97. The van der Waals surface area contributed by atoms with Crippen molar-refractivity contribution in [3.8, 4) is 11.1 Å². The number of anilines is 1. The van der Waals surface area contributed by atoms with Gasteiger partial charge in [0.2, 0.25) is 0 Å². The van der Waals surface area contributed by atoms with Crippen molar-refractivity contribution in [1.29, 1.82) is 0 Å². The zero-order valence-electron chi connectivity index (χ0n) is 12.6. The first-order chi connectivity index (χ1) is 10.3. The van der Waals surface area contributed by atoms with E-state index in [0.29, 0.717) is 0 Å². The molecule has 0 saturated carbocycles. The monoisotopic (exact) mass is 278 g/mol. The number of nitrogens with zero attached hydrogens (tertiary/aromatic N) is 2. The van der Waals surface area contributed by atoms with Crippen molar-refractivity contribution in [3.63, 3.8) is 0 Å². The molecule has 0 spiro atoms. The number of hydrogen-bond acceptors (Lipinski definition) is 2. The largest absolute Gasteiger partial charge is 0.367 e. The number of benzene rings is 2. The summed E-state index contributed by atoms with van der Waals surface area (Å²) in [6.07, 6.45) is 1.34. The Balaban J connectivity index is 1.57. The van der Waals surface area contributed by atoms with E-state index in [1.165, 1.54) is 42.9 Å². The molecule has 2 fully saturated rings. The summed E-state index contributed by atoms with van der Waals surface area (Å²) in [5, 5.41) is 0. The van der Waals surface area contributed by atoms with Crippen molar-refractivity contribution in [3.05, 3.63) is 54.6 Å². The van der Waals surface area contributed by atoms with Crippen LogP contribution in [0.4, 0.5) is 5.69 Å². The molecule has 2 saturated heterocycles. The molecule has 2 aromatic rings. The van der Waals surface area contributed by atoms with Gasteiger partial charge in [0.15, 0.2) is 0 Å². The number of likely N-dealkylation sites (tertiary alicyclic amines) is 1. The Hall–Kier alpha value is -1.80. The average Bonchev–Trinajstić information content (AvgIpc) is 3.07. The van der Waals surface area contributed by atoms with Crippen molar-refractivity contribution in [2.75, 3.05) is 31.6 Å². The molecule has 0 amide bonds. The fourth-order valence-corrected chi connectivity index (χ4v) is 3.97. The predicted molar refractivity (Wildman–Crippen MR) is 88.6 cm³/mol. The molecule has 0 unspecified atom stereocenters. The van der Waals surface area contributed by atoms with Gasteiger partial charge >= 0.3 is 0 Å². The normalized spacial score (nSPS) is 25.3. The zero-order chi connectivity index (χ0) is 14.2. The van der Waals surface area contributed by atoms with Gasteiger partial charge in [-0.1, -0.05) is 42.5 Å². The van der Waals surface area contributed by atoms with Gasteiger partial charge in [-0.25, -0.2) is 0 Å². The van der Waals surface area contributed by atoms with Crippen LogP contribution in [0.5, 0.6) is 0 Å². The van der Waals surface area contributed by atoms with Gasteiger partial charge in [0.05, 0.1) is 0 Å². The summed E-state index contributed by atoms with van der Waals surface area (Å²) in [7, 11) is 2.25. The lowest BCUT2D eigenvalue weighted by molar-refractivity contribution is 0.386. The molecule has 0 aromatic heterocycles. The van der Waals surface area contributed by atoms with E-state index >= 15 is 0 Å². The first kappa shape index (κ1) is 12.9. The van der Waals surface area contributed by atoms with Gasteiger partial charge in [0.25, 0.3) is 0 Å². The molecule has 2 heteroatoms. The van der Waals surface area contributed by atoms with Crippen molar-refractivity contribution in [2.45, 2.75) is 12.5 Å². The Labute approximate surface area is 127 Å². The van der Waals surface area contributed by atoms with E-state index in [-0.39, 0.29) is 0 Å². The van der Waals surface area contributed by atoms with Crippen molar-refractivity contribution >= 4 is 5.69 Å². The van der Waals surface area contributed by atoms with Crippen LogP contribution in [0.2, 0.25) is 0 Å². The Morgan fingerprint density at radius 1 is 0.857 bits per heavy atom. The Kier molecular flexibility index (Phi) is 3.19. The van der Waals surface area contributed by atoms with Crippen molar-refractivity contribution < 1.29 is 0 Å². The molecule has 2 aliphatic heterocycles. The van der Waals surface area contributed by atoms with Crippen LogP contribution in [-0.4, -0.2) is 37.6 Å². The minimum atomic E-state index is 0.720. The lowest BCUT2D eigenvalue weighted by Gasteiger charge is -2.26. The first-order valence-electron chi connectivity index (χ1n) is 7.92. The second-order valence-corrected chi connectivity index (χ2v) is 6.44. The smallest absolute Gasteiger partial charge is 0.0457 e. The maximum absolute atomic E-state index is 2.61. The summed E-state index contributed by atoms with van der Waals surface area (Å²) < 4.78 is 0. The van der Waals surface area contributed by atoms with Gasteiger partial charge in [-0.2, -0.15) is 0 Å². The van der Waals surface area contributed by atoms with Crippen LogP contribution in [0.25, 0.3) is 11.1 Å². The number of fused-ring (bicyclic) bond motifs is 1. The van der Waals surface area contributed by atoms with E-state index in [1.54, 1.807) is 0 Å². The minimum Gasteiger partial charge on any atom is -0.367 e. The standard InChI is InChI=1S/C19H22N2/c1-20-13-17-11-12-21(19(17)14-20)18-9-7-16(8-10-18)15-5-3-2-4-6-15/h2-10,17,19H,11-14H2,1H3/t17-,19+/m1/s1. The van der Waals surface area contributed by atoms with Gasteiger partial charge in [0.1, 0.15) is 0 Å². The van der Waals surface area contributed by atoms with Gasteiger partial charge in [0, 0.05) is 31.4 Å². The molecular formula is C19H22N2. The molecule has 2 heterocycles. The molecular weight excluding hydrogens is 256 g/mol. The fraction of sp³-hybridized carbons (Fsp3) is 0.368. The molecule has 4 rings (SSSR count). The molecule has 0 aliphatic carbocycles. The third kappa shape index (κ3) is 2.34. The molecule has 2 aromatic carbocycles. The highest BCUT2D eigenvalue weighted by Crippen LogP contribution is 2.35. The van der Waals surface area contributed by atoms with Crippen LogP contribution in [0, 0.1) is 5.92 Å². The van der Waals surface area contributed by atoms with Gasteiger partial charge in [-0.15, -0.1) is 0 Å². The molecule has 0 radical (unpaired) electrons. The first-order valence-corrected chi connectivity index (χ1v) is 7.92. The van der Waals surface area contributed by atoms with E-state index in [4.69, 9.17) is 0 Å². The zero-order valence-corrected chi connectivity index (χ0v) is 12.6. The third-order valence-corrected chi connectivity index (χ3v) is 5.04. The van der Waals surface area contributed by atoms with Crippen LogP contribution in [0.1, 0.15) is 6.42 Å². The third-order valence-electron chi connectivity index (χ3n) is 5.04. The van der Waals surface area contributed by atoms with Crippen LogP contribution < -0.4 is 4.90 Å². The molecule has 0 N–H and O–H groups in total. The van der Waals surface area contributed by atoms with Crippen molar-refractivity contribution in [2.24, 2.45) is 5.92 Å². The molecule has 2 nitrogen and oxygen atoms in total. The van der Waals surface area contributed by atoms with Crippen LogP contribution in [0.15, 0.2) is 54.6 Å². The second kappa shape index (κ2) is 5.19. The molecule has 21 heavy (non-hydrogen) atoms. The summed E-state index contributed by atoms with van der Waals surface area (Å²) in [6, 6.07) is 20.4. The van der Waals surface area contributed by atoms with Gasteiger partial charge in [-0.3, -0.25) is 0 Å². The maximum atomic E-state index is 2.61. The van der Waals surface area contributed by atoms with Gasteiger partial charge in [-0.05, 0) is 42.6 Å². The number of likely N-dealkylation sites (N-methyl/N-ethyl adjacent to an activating group) is 1. The lowest BCUT2D eigenvalue weighted by atomic mass is 10.0. The number of rotatable bonds is 2. The summed E-state index contributed by atoms with van der Waals surface area (Å²) in [5.41, 5.74) is 3.99. The van der Waals surface area contributed by atoms with E-state index < -0.39 is 0 Å². The maximum Gasteiger partial charge on any atom is 0.0457 e. The summed E-state index contributed by atoms with van der Waals surface area (Å²) >= 11 is 0. The Morgan fingerprint density at radius 3 is 2.33 bits per heavy atom. The van der Waals surface area contributed by atoms with E-state index in [0.717, 1.165) is 12.0 Å². The van der Waals surface area contributed by atoms with Crippen LogP contribution in [0.3, 0.4) is 0 Å². The SMILES string of the molecule is CN1C[C@H]2CCN(c3ccc(-c4ccccc4)cc3)[C@H]2C1. The predicted octanol–water partition coefficient (Wildman–Crippen LogP) is 3.49. The van der Waals surface area contributed by atoms with Crippen LogP contribution >= 0.6 is 0 Å². The Bertz CT molecular complexity index is 605. The summed E-state index contributed by atoms with van der Waals surface area (Å²) in [4.78, 5) is 5.09. The van der Waals surface area contributed by atoms with Gasteiger partial charge < -0.3 is 9.80 Å². The highest BCUT2D eigenvalue weighted by molar-refractivity contribution is 5.66. The molecule has 2 atom stereocenters. The second-order valence-electron chi connectivity index (χ2n) is 6.44. The topological polar surface area (TPSA) is 6.48 Å². The lowest BCUT2D eigenvalue weighted by Crippen LogP contribution is -2.34. The summed E-state index contributed by atoms with van der Waals surface area (Å²) in [6.45, 7) is 3.70. The molecule has 108 valence electrons. The number of hydrogen-bond donors (Lipinski definition) is 0. The average molecular weight is 278 g/mol.